The zero-order valence-electron chi connectivity index (χ0n) is 11.8. The Labute approximate surface area is 127 Å². The summed E-state index contributed by atoms with van der Waals surface area (Å²) in [5.41, 5.74) is 2.10. The normalized spacial score (nSPS) is 22.3. The molecule has 1 aromatic carbocycles. The predicted octanol–water partition coefficient (Wildman–Crippen LogP) is 1.91. The van der Waals surface area contributed by atoms with Crippen LogP contribution in [0.5, 0.6) is 0 Å². The number of nitrogens with zero attached hydrogens (tertiary/aromatic N) is 1. The zero-order chi connectivity index (χ0) is 14.7. The first kappa shape index (κ1) is 15.5. The van der Waals surface area contributed by atoms with Gasteiger partial charge in [-0.1, -0.05) is 28.1 Å². The number of aliphatic hydroxyl groups excluding tert-OH is 1. The first-order chi connectivity index (χ1) is 9.56. The van der Waals surface area contributed by atoms with Gasteiger partial charge in [0, 0.05) is 18.1 Å². The van der Waals surface area contributed by atoms with E-state index in [1.807, 2.05) is 25.1 Å². The van der Waals surface area contributed by atoms with Gasteiger partial charge >= 0.3 is 0 Å². The second-order valence-corrected chi connectivity index (χ2v) is 6.03. The highest BCUT2D eigenvalue weighted by Crippen LogP contribution is 2.23. The molecule has 0 saturated carbocycles. The van der Waals surface area contributed by atoms with Gasteiger partial charge in [-0.25, -0.2) is 0 Å². The highest BCUT2D eigenvalue weighted by molar-refractivity contribution is 9.10. The fraction of sp³-hybridized carbons (Fsp3) is 0.533. The molecular formula is C15H20BrNO3. The molecule has 1 N–H and O–H groups in total. The molecule has 20 heavy (non-hydrogen) atoms. The second kappa shape index (κ2) is 6.70. The fourth-order valence-electron chi connectivity index (χ4n) is 2.63. The summed E-state index contributed by atoms with van der Waals surface area (Å²) >= 11 is 3.48. The minimum atomic E-state index is -0.125. The fourth-order valence-corrected chi connectivity index (χ4v) is 3.04. The van der Waals surface area contributed by atoms with Crippen LogP contribution in [-0.4, -0.2) is 48.3 Å². The summed E-state index contributed by atoms with van der Waals surface area (Å²) < 4.78 is 6.32. The minimum Gasteiger partial charge on any atom is -0.394 e. The first-order valence-electron chi connectivity index (χ1n) is 6.74. The summed E-state index contributed by atoms with van der Waals surface area (Å²) in [5.74, 6) is 0.0461. The Balaban J connectivity index is 2.09. The number of halogens is 1. The van der Waals surface area contributed by atoms with Gasteiger partial charge < -0.3 is 14.7 Å². The third-order valence-electron chi connectivity index (χ3n) is 3.96. The Bertz CT molecular complexity index is 492. The number of hydrogen-bond acceptors (Lipinski definition) is 3. The molecule has 0 spiro atoms. The SMILES string of the molecule is CO[C@H]1C[C@@H](CO)N(C(=O)Cc2cccc(Br)c2C)C1. The van der Waals surface area contributed by atoms with E-state index in [1.165, 1.54) is 0 Å². The Morgan fingerprint density at radius 1 is 1.55 bits per heavy atom. The van der Waals surface area contributed by atoms with Crippen molar-refractivity contribution in [2.45, 2.75) is 31.9 Å². The van der Waals surface area contributed by atoms with Gasteiger partial charge in [-0.15, -0.1) is 0 Å². The molecule has 0 unspecified atom stereocenters. The number of carbonyl (C=O) groups excluding carboxylic acids is 1. The minimum absolute atomic E-state index is 0.0108. The molecule has 0 bridgehead atoms. The van der Waals surface area contributed by atoms with Crippen LogP contribution in [0.1, 0.15) is 17.5 Å². The monoisotopic (exact) mass is 341 g/mol. The van der Waals surface area contributed by atoms with Crippen LogP contribution in [0.2, 0.25) is 0 Å². The van der Waals surface area contributed by atoms with Crippen LogP contribution in [0, 0.1) is 6.92 Å². The lowest BCUT2D eigenvalue weighted by atomic mass is 10.1. The van der Waals surface area contributed by atoms with Crippen molar-refractivity contribution in [2.75, 3.05) is 20.3 Å². The summed E-state index contributed by atoms with van der Waals surface area (Å²) in [6.07, 6.45) is 1.09. The molecule has 4 nitrogen and oxygen atoms in total. The Kier molecular flexibility index (Phi) is 5.18. The number of carbonyl (C=O) groups is 1. The molecule has 0 radical (unpaired) electrons. The average molecular weight is 342 g/mol. The van der Waals surface area contributed by atoms with E-state index in [0.29, 0.717) is 19.4 Å². The van der Waals surface area contributed by atoms with Crippen molar-refractivity contribution in [1.29, 1.82) is 0 Å². The molecule has 1 aliphatic rings. The van der Waals surface area contributed by atoms with Gasteiger partial charge in [0.05, 0.1) is 25.2 Å². The Morgan fingerprint density at radius 3 is 2.95 bits per heavy atom. The van der Waals surface area contributed by atoms with Gasteiger partial charge in [0.15, 0.2) is 0 Å². The molecule has 2 rings (SSSR count). The number of methoxy groups -OCH3 is 1. The molecule has 1 amide bonds. The smallest absolute Gasteiger partial charge is 0.227 e. The lowest BCUT2D eigenvalue weighted by Crippen LogP contribution is -2.39. The molecule has 1 saturated heterocycles. The van der Waals surface area contributed by atoms with Crippen LogP contribution in [0.4, 0.5) is 0 Å². The van der Waals surface area contributed by atoms with Crippen LogP contribution in [0.15, 0.2) is 22.7 Å². The van der Waals surface area contributed by atoms with Crippen molar-refractivity contribution >= 4 is 21.8 Å². The van der Waals surface area contributed by atoms with Gasteiger partial charge in [0.2, 0.25) is 5.91 Å². The summed E-state index contributed by atoms with van der Waals surface area (Å²) in [7, 11) is 1.64. The number of ether oxygens (including phenoxy) is 1. The van der Waals surface area contributed by atoms with Crippen LogP contribution in [-0.2, 0) is 16.0 Å². The molecule has 110 valence electrons. The largest absolute Gasteiger partial charge is 0.394 e. The molecule has 2 atom stereocenters. The van der Waals surface area contributed by atoms with Crippen molar-refractivity contribution in [3.8, 4) is 0 Å². The van der Waals surface area contributed by atoms with Crippen LogP contribution >= 0.6 is 15.9 Å². The van der Waals surface area contributed by atoms with E-state index in [4.69, 9.17) is 4.74 Å². The van der Waals surface area contributed by atoms with Crippen LogP contribution in [0.3, 0.4) is 0 Å². The highest BCUT2D eigenvalue weighted by atomic mass is 79.9. The van der Waals surface area contributed by atoms with Crippen molar-refractivity contribution < 1.29 is 14.6 Å². The number of amides is 1. The van der Waals surface area contributed by atoms with Crippen LogP contribution in [0.25, 0.3) is 0 Å². The summed E-state index contributed by atoms with van der Waals surface area (Å²) in [6, 6.07) is 5.75. The lowest BCUT2D eigenvalue weighted by Gasteiger charge is -2.23. The number of benzene rings is 1. The molecule has 5 heteroatoms. The third kappa shape index (κ3) is 3.22. The molecule has 0 aromatic heterocycles. The van der Waals surface area contributed by atoms with Gasteiger partial charge in [-0.2, -0.15) is 0 Å². The standard InChI is InChI=1S/C15H20BrNO3/c1-10-11(4-3-5-14(10)16)6-15(19)17-8-13(20-2)7-12(17)9-18/h3-5,12-13,18H,6-9H2,1-2H3/t12-,13-/m0/s1. The number of aliphatic hydroxyl groups is 1. The van der Waals surface area contributed by atoms with Gasteiger partial charge in [-0.3, -0.25) is 4.79 Å². The summed E-state index contributed by atoms with van der Waals surface area (Å²) in [4.78, 5) is 14.2. The quantitative estimate of drug-likeness (QED) is 0.909. The second-order valence-electron chi connectivity index (χ2n) is 5.18. The maximum atomic E-state index is 12.5. The average Bonchev–Trinajstić information content (AvgIpc) is 2.87. The predicted molar refractivity (Wildman–Crippen MR) is 80.6 cm³/mol. The summed E-state index contributed by atoms with van der Waals surface area (Å²) in [6.45, 7) is 2.55. The van der Waals surface area contributed by atoms with Gasteiger partial charge in [-0.05, 0) is 30.5 Å². The van der Waals surface area contributed by atoms with Crippen molar-refractivity contribution in [3.63, 3.8) is 0 Å². The topological polar surface area (TPSA) is 49.8 Å². The van der Waals surface area contributed by atoms with Crippen molar-refractivity contribution in [1.82, 2.24) is 4.90 Å². The third-order valence-corrected chi connectivity index (χ3v) is 4.82. The molecule has 1 aliphatic heterocycles. The van der Waals surface area contributed by atoms with E-state index in [0.717, 1.165) is 15.6 Å². The van der Waals surface area contributed by atoms with E-state index >= 15 is 0 Å². The van der Waals surface area contributed by atoms with E-state index in [1.54, 1.807) is 12.0 Å². The highest BCUT2D eigenvalue weighted by Gasteiger charge is 2.34. The van der Waals surface area contributed by atoms with Gasteiger partial charge in [0.25, 0.3) is 0 Å². The number of hydrogen-bond donors (Lipinski definition) is 1. The van der Waals surface area contributed by atoms with E-state index in [2.05, 4.69) is 15.9 Å². The van der Waals surface area contributed by atoms with E-state index in [-0.39, 0.29) is 24.7 Å². The van der Waals surface area contributed by atoms with Crippen molar-refractivity contribution in [3.05, 3.63) is 33.8 Å². The van der Waals surface area contributed by atoms with Crippen molar-refractivity contribution in [2.24, 2.45) is 0 Å². The molecule has 0 aliphatic carbocycles. The molecule has 1 aromatic rings. The molecular weight excluding hydrogens is 322 g/mol. The van der Waals surface area contributed by atoms with E-state index < -0.39 is 0 Å². The zero-order valence-corrected chi connectivity index (χ0v) is 13.4. The summed E-state index contributed by atoms with van der Waals surface area (Å²) in [5, 5.41) is 9.41. The van der Waals surface area contributed by atoms with Crippen LogP contribution < -0.4 is 0 Å². The van der Waals surface area contributed by atoms with Gasteiger partial charge in [0.1, 0.15) is 0 Å². The maximum Gasteiger partial charge on any atom is 0.227 e. The molecule has 1 fully saturated rings. The first-order valence-corrected chi connectivity index (χ1v) is 7.53. The van der Waals surface area contributed by atoms with E-state index in [9.17, 15) is 9.90 Å². The Hall–Kier alpha value is -0.910. The number of rotatable bonds is 4. The maximum absolute atomic E-state index is 12.5. The molecule has 1 heterocycles. The lowest BCUT2D eigenvalue weighted by molar-refractivity contribution is -0.132. The number of likely N-dealkylation sites (tertiary alicyclic amines) is 1. The Morgan fingerprint density at radius 2 is 2.30 bits per heavy atom.